The minimum atomic E-state index is 0.743. The van der Waals surface area contributed by atoms with Crippen molar-refractivity contribution >= 4 is 0 Å². The van der Waals surface area contributed by atoms with Crippen molar-refractivity contribution in [2.45, 2.75) is 45.2 Å². The summed E-state index contributed by atoms with van der Waals surface area (Å²) in [5.74, 6) is 2.01. The minimum absolute atomic E-state index is 0.743. The molecule has 2 fully saturated rings. The predicted octanol–water partition coefficient (Wildman–Crippen LogP) is 3.05. The lowest BCUT2D eigenvalue weighted by Gasteiger charge is -2.20. The molecule has 0 atom stereocenters. The largest absolute Gasteiger partial charge is 0.492 e. The summed E-state index contributed by atoms with van der Waals surface area (Å²) in [6.07, 6.45) is 5.51. The van der Waals surface area contributed by atoms with Gasteiger partial charge in [-0.1, -0.05) is 25.1 Å². The molecule has 0 unspecified atom stereocenters. The molecule has 116 valence electrons. The molecule has 0 aromatic heterocycles. The van der Waals surface area contributed by atoms with Crippen LogP contribution >= 0.6 is 0 Å². The Morgan fingerprint density at radius 2 is 2.00 bits per heavy atom. The van der Waals surface area contributed by atoms with Crippen molar-refractivity contribution in [2.24, 2.45) is 5.92 Å². The molecule has 2 aliphatic carbocycles. The number of nitrogens with zero attached hydrogens (tertiary/aromatic N) is 1. The summed E-state index contributed by atoms with van der Waals surface area (Å²) in [6.45, 7) is 7.39. The molecule has 2 saturated carbocycles. The second kappa shape index (κ2) is 7.28. The van der Waals surface area contributed by atoms with Gasteiger partial charge >= 0.3 is 0 Å². The number of likely N-dealkylation sites (N-methyl/N-ethyl adjacent to an activating group) is 1. The summed E-state index contributed by atoms with van der Waals surface area (Å²) in [5, 5.41) is 3.57. The zero-order valence-corrected chi connectivity index (χ0v) is 13.2. The van der Waals surface area contributed by atoms with Crippen molar-refractivity contribution in [3.63, 3.8) is 0 Å². The van der Waals surface area contributed by atoms with Crippen LogP contribution in [0, 0.1) is 5.92 Å². The highest BCUT2D eigenvalue weighted by molar-refractivity contribution is 5.33. The Morgan fingerprint density at radius 3 is 2.71 bits per heavy atom. The first-order valence-electron chi connectivity index (χ1n) is 8.51. The van der Waals surface area contributed by atoms with Gasteiger partial charge in [0, 0.05) is 31.2 Å². The van der Waals surface area contributed by atoms with E-state index in [1.54, 1.807) is 0 Å². The number of rotatable bonds is 10. The van der Waals surface area contributed by atoms with E-state index in [0.717, 1.165) is 44.0 Å². The lowest BCUT2D eigenvalue weighted by atomic mass is 10.2. The van der Waals surface area contributed by atoms with Crippen LogP contribution in [0.3, 0.4) is 0 Å². The molecule has 1 N–H and O–H groups in total. The first-order valence-corrected chi connectivity index (χ1v) is 8.51. The van der Waals surface area contributed by atoms with Crippen molar-refractivity contribution in [3.8, 4) is 5.75 Å². The Labute approximate surface area is 128 Å². The number of nitrogens with one attached hydrogen (secondary N) is 1. The molecule has 21 heavy (non-hydrogen) atoms. The van der Waals surface area contributed by atoms with E-state index in [1.807, 2.05) is 0 Å². The fraction of sp³-hybridized carbons (Fsp3) is 0.667. The van der Waals surface area contributed by atoms with Gasteiger partial charge in [0.15, 0.2) is 0 Å². The zero-order valence-electron chi connectivity index (χ0n) is 13.2. The normalized spacial score (nSPS) is 18.2. The monoisotopic (exact) mass is 288 g/mol. The molecule has 3 rings (SSSR count). The van der Waals surface area contributed by atoms with Crippen molar-refractivity contribution in [1.29, 1.82) is 0 Å². The molecule has 0 saturated heterocycles. The van der Waals surface area contributed by atoms with E-state index in [9.17, 15) is 0 Å². The standard InChI is InChI=1S/C18H28N2O/c1-2-20(14-15-7-8-15)11-12-21-18-6-4-3-5-16(18)13-19-17-9-10-17/h3-6,15,17,19H,2,7-14H2,1H3. The van der Waals surface area contributed by atoms with E-state index in [4.69, 9.17) is 4.74 Å². The van der Waals surface area contributed by atoms with Crippen LogP contribution in [0.15, 0.2) is 24.3 Å². The maximum absolute atomic E-state index is 6.04. The number of ether oxygens (including phenoxy) is 1. The fourth-order valence-electron chi connectivity index (χ4n) is 2.66. The average Bonchev–Trinajstić information content (AvgIpc) is 3.39. The van der Waals surface area contributed by atoms with E-state index < -0.39 is 0 Å². The van der Waals surface area contributed by atoms with Gasteiger partial charge in [0.1, 0.15) is 12.4 Å². The average molecular weight is 288 g/mol. The van der Waals surface area contributed by atoms with Crippen LogP contribution in [0.5, 0.6) is 5.75 Å². The maximum atomic E-state index is 6.04. The lowest BCUT2D eigenvalue weighted by Crippen LogP contribution is -2.30. The first-order chi connectivity index (χ1) is 10.3. The van der Waals surface area contributed by atoms with Gasteiger partial charge in [-0.2, -0.15) is 0 Å². The number of para-hydroxylation sites is 1. The molecule has 0 bridgehead atoms. The minimum Gasteiger partial charge on any atom is -0.492 e. The van der Waals surface area contributed by atoms with Crippen LogP contribution in [-0.4, -0.2) is 37.2 Å². The lowest BCUT2D eigenvalue weighted by molar-refractivity contribution is 0.209. The van der Waals surface area contributed by atoms with Crippen LogP contribution in [-0.2, 0) is 6.54 Å². The highest BCUT2D eigenvalue weighted by atomic mass is 16.5. The van der Waals surface area contributed by atoms with Crippen LogP contribution in [0.2, 0.25) is 0 Å². The zero-order chi connectivity index (χ0) is 14.5. The van der Waals surface area contributed by atoms with Crippen molar-refractivity contribution < 1.29 is 4.74 Å². The van der Waals surface area contributed by atoms with Gasteiger partial charge < -0.3 is 10.1 Å². The smallest absolute Gasteiger partial charge is 0.123 e. The Hall–Kier alpha value is -1.06. The molecule has 2 aliphatic rings. The number of benzene rings is 1. The molecular weight excluding hydrogens is 260 g/mol. The molecule has 1 aromatic carbocycles. The summed E-state index contributed by atoms with van der Waals surface area (Å²) in [7, 11) is 0. The van der Waals surface area contributed by atoms with Gasteiger partial charge in [-0.05, 0) is 44.2 Å². The topological polar surface area (TPSA) is 24.5 Å². The van der Waals surface area contributed by atoms with Crippen LogP contribution in [0.4, 0.5) is 0 Å². The third-order valence-corrected chi connectivity index (χ3v) is 4.46. The fourth-order valence-corrected chi connectivity index (χ4v) is 2.66. The van der Waals surface area contributed by atoms with Crippen molar-refractivity contribution in [2.75, 3.05) is 26.2 Å². The molecule has 3 nitrogen and oxygen atoms in total. The van der Waals surface area contributed by atoms with Gasteiger partial charge in [0.25, 0.3) is 0 Å². The summed E-state index contributed by atoms with van der Waals surface area (Å²) in [6, 6.07) is 9.18. The van der Waals surface area contributed by atoms with E-state index in [2.05, 4.69) is 41.4 Å². The van der Waals surface area contributed by atoms with Crippen LogP contribution in [0.1, 0.15) is 38.2 Å². The molecule has 3 heteroatoms. The van der Waals surface area contributed by atoms with E-state index >= 15 is 0 Å². The summed E-state index contributed by atoms with van der Waals surface area (Å²) in [4.78, 5) is 2.52. The summed E-state index contributed by atoms with van der Waals surface area (Å²) < 4.78 is 6.04. The number of hydrogen-bond donors (Lipinski definition) is 1. The Morgan fingerprint density at radius 1 is 1.19 bits per heavy atom. The van der Waals surface area contributed by atoms with Gasteiger partial charge in [0.05, 0.1) is 0 Å². The first kappa shape index (κ1) is 14.9. The van der Waals surface area contributed by atoms with Crippen LogP contribution in [0.25, 0.3) is 0 Å². The Bertz CT molecular complexity index is 441. The third kappa shape index (κ3) is 5.01. The molecule has 1 aromatic rings. The number of hydrogen-bond acceptors (Lipinski definition) is 3. The van der Waals surface area contributed by atoms with Gasteiger partial charge in [-0.15, -0.1) is 0 Å². The molecule has 0 radical (unpaired) electrons. The highest BCUT2D eigenvalue weighted by Crippen LogP contribution is 2.29. The van der Waals surface area contributed by atoms with E-state index in [1.165, 1.54) is 37.8 Å². The van der Waals surface area contributed by atoms with Gasteiger partial charge in [-0.3, -0.25) is 4.90 Å². The Balaban J connectivity index is 1.44. The quantitative estimate of drug-likeness (QED) is 0.716. The predicted molar refractivity (Wildman–Crippen MR) is 86.6 cm³/mol. The SMILES string of the molecule is CCN(CCOc1ccccc1CNC1CC1)CC1CC1. The molecule has 0 spiro atoms. The van der Waals surface area contributed by atoms with Crippen LogP contribution < -0.4 is 10.1 Å². The third-order valence-electron chi connectivity index (χ3n) is 4.46. The second-order valence-electron chi connectivity index (χ2n) is 6.45. The molecule has 0 heterocycles. The summed E-state index contributed by atoms with van der Waals surface area (Å²) >= 11 is 0. The Kier molecular flexibility index (Phi) is 5.15. The molecule has 0 amide bonds. The summed E-state index contributed by atoms with van der Waals surface area (Å²) in [5.41, 5.74) is 1.29. The molecule has 0 aliphatic heterocycles. The van der Waals surface area contributed by atoms with Crippen molar-refractivity contribution in [3.05, 3.63) is 29.8 Å². The maximum Gasteiger partial charge on any atom is 0.123 e. The second-order valence-corrected chi connectivity index (χ2v) is 6.45. The highest BCUT2D eigenvalue weighted by Gasteiger charge is 2.23. The van der Waals surface area contributed by atoms with E-state index in [-0.39, 0.29) is 0 Å². The van der Waals surface area contributed by atoms with Crippen molar-refractivity contribution in [1.82, 2.24) is 10.2 Å². The van der Waals surface area contributed by atoms with Gasteiger partial charge in [0.2, 0.25) is 0 Å². The molecular formula is C18H28N2O. The van der Waals surface area contributed by atoms with Gasteiger partial charge in [-0.25, -0.2) is 0 Å². The van der Waals surface area contributed by atoms with E-state index in [0.29, 0.717) is 0 Å².